The lowest BCUT2D eigenvalue weighted by atomic mass is 10.2. The third kappa shape index (κ3) is 4.77. The lowest BCUT2D eigenvalue weighted by Gasteiger charge is -2.36. The smallest absolute Gasteiger partial charge is 0.244 e. The maximum absolute atomic E-state index is 13.9. The van der Waals surface area contributed by atoms with Gasteiger partial charge in [0.15, 0.2) is 0 Å². The number of para-hydroxylation sites is 2. The van der Waals surface area contributed by atoms with E-state index in [-0.39, 0.29) is 10.7 Å². The topological polar surface area (TPSA) is 61.9 Å². The second-order valence-corrected chi connectivity index (χ2v) is 8.06. The fraction of sp³-hybridized carbons (Fsp3) is 0.368. The van der Waals surface area contributed by atoms with Crippen LogP contribution in [0, 0.1) is 5.82 Å². The maximum Gasteiger partial charge on any atom is 0.244 e. The molecule has 6 nitrogen and oxygen atoms in total. The molecule has 27 heavy (non-hydrogen) atoms. The molecule has 0 aliphatic carbocycles. The van der Waals surface area contributed by atoms with Gasteiger partial charge in [-0.05, 0) is 24.3 Å². The van der Waals surface area contributed by atoms with Crippen LogP contribution in [0.5, 0.6) is 5.75 Å². The van der Waals surface area contributed by atoms with Crippen molar-refractivity contribution in [3.05, 3.63) is 54.3 Å². The molecular weight excluding hydrogens is 369 g/mol. The zero-order chi connectivity index (χ0) is 19.3. The van der Waals surface area contributed by atoms with E-state index in [0.717, 1.165) is 13.1 Å². The summed E-state index contributed by atoms with van der Waals surface area (Å²) >= 11 is 0. The van der Waals surface area contributed by atoms with E-state index in [9.17, 15) is 12.8 Å². The fourth-order valence-electron chi connectivity index (χ4n) is 3.18. The Morgan fingerprint density at radius 3 is 2.41 bits per heavy atom. The van der Waals surface area contributed by atoms with Crippen molar-refractivity contribution in [2.45, 2.75) is 4.90 Å². The second kappa shape index (κ2) is 8.69. The molecular formula is C19H24FN3O3S. The number of sulfonamides is 1. The molecule has 0 aromatic heterocycles. The molecule has 8 heteroatoms. The summed E-state index contributed by atoms with van der Waals surface area (Å²) < 4.78 is 46.6. The number of ether oxygens (including phenoxy) is 1. The highest BCUT2D eigenvalue weighted by Gasteiger charge is 2.21. The van der Waals surface area contributed by atoms with E-state index in [1.54, 1.807) is 30.3 Å². The van der Waals surface area contributed by atoms with E-state index in [4.69, 9.17) is 4.74 Å². The number of nitrogens with zero attached hydrogens (tertiary/aromatic N) is 2. The van der Waals surface area contributed by atoms with Crippen LogP contribution >= 0.6 is 0 Å². The first kappa shape index (κ1) is 19.6. The highest BCUT2D eigenvalue weighted by molar-refractivity contribution is 7.89. The van der Waals surface area contributed by atoms with Crippen LogP contribution in [0.15, 0.2) is 53.4 Å². The molecule has 0 unspecified atom stereocenters. The van der Waals surface area contributed by atoms with Gasteiger partial charge in [0.25, 0.3) is 0 Å². The van der Waals surface area contributed by atoms with E-state index in [0.29, 0.717) is 37.6 Å². The number of hydrogen-bond acceptors (Lipinski definition) is 5. The first-order valence-electron chi connectivity index (χ1n) is 8.86. The van der Waals surface area contributed by atoms with Gasteiger partial charge in [0.2, 0.25) is 10.0 Å². The van der Waals surface area contributed by atoms with Crippen LogP contribution in [0.3, 0.4) is 0 Å². The van der Waals surface area contributed by atoms with Gasteiger partial charge in [-0.3, -0.25) is 4.90 Å². The molecule has 3 rings (SSSR count). The van der Waals surface area contributed by atoms with E-state index < -0.39 is 10.0 Å². The number of anilines is 1. The van der Waals surface area contributed by atoms with Crippen molar-refractivity contribution in [3.8, 4) is 5.75 Å². The third-order valence-electron chi connectivity index (χ3n) is 4.64. The summed E-state index contributed by atoms with van der Waals surface area (Å²) in [5.41, 5.74) is 0.619. The van der Waals surface area contributed by atoms with Gasteiger partial charge in [0, 0.05) is 39.3 Å². The van der Waals surface area contributed by atoms with Crippen LogP contribution in [-0.2, 0) is 10.0 Å². The Labute approximate surface area is 159 Å². The van der Waals surface area contributed by atoms with E-state index in [1.165, 1.54) is 19.2 Å². The average Bonchev–Trinajstić information content (AvgIpc) is 2.69. The molecule has 1 fully saturated rings. The van der Waals surface area contributed by atoms with Crippen LogP contribution in [0.1, 0.15) is 0 Å². The van der Waals surface area contributed by atoms with Crippen molar-refractivity contribution in [2.75, 3.05) is 51.3 Å². The number of rotatable bonds is 7. The number of methoxy groups -OCH3 is 1. The summed E-state index contributed by atoms with van der Waals surface area (Å²) in [5.74, 6) is 0.110. The molecule has 1 saturated heterocycles. The minimum Gasteiger partial charge on any atom is -0.495 e. The Kier molecular flexibility index (Phi) is 6.30. The Hall–Kier alpha value is -2.16. The van der Waals surface area contributed by atoms with Crippen molar-refractivity contribution in [1.29, 1.82) is 0 Å². The highest BCUT2D eigenvalue weighted by Crippen LogP contribution is 2.22. The van der Waals surface area contributed by atoms with Crippen LogP contribution in [0.25, 0.3) is 0 Å². The van der Waals surface area contributed by atoms with Gasteiger partial charge in [-0.15, -0.1) is 0 Å². The molecule has 1 heterocycles. The van der Waals surface area contributed by atoms with Crippen molar-refractivity contribution in [2.24, 2.45) is 0 Å². The molecule has 1 aliphatic heterocycles. The largest absolute Gasteiger partial charge is 0.495 e. The minimum atomic E-state index is -3.62. The van der Waals surface area contributed by atoms with E-state index >= 15 is 0 Å². The van der Waals surface area contributed by atoms with Gasteiger partial charge in [0.05, 0.1) is 12.8 Å². The first-order chi connectivity index (χ1) is 13.0. The Morgan fingerprint density at radius 1 is 1.04 bits per heavy atom. The van der Waals surface area contributed by atoms with Crippen molar-refractivity contribution in [1.82, 2.24) is 9.62 Å². The first-order valence-corrected chi connectivity index (χ1v) is 10.3. The molecule has 0 saturated carbocycles. The molecule has 2 aromatic carbocycles. The lowest BCUT2D eigenvalue weighted by molar-refractivity contribution is 0.261. The zero-order valence-corrected chi connectivity index (χ0v) is 16.1. The van der Waals surface area contributed by atoms with Gasteiger partial charge < -0.3 is 9.64 Å². The Balaban J connectivity index is 1.50. The quantitative estimate of drug-likeness (QED) is 0.779. The summed E-state index contributed by atoms with van der Waals surface area (Å²) in [7, 11) is -2.18. The van der Waals surface area contributed by atoms with Crippen molar-refractivity contribution in [3.63, 3.8) is 0 Å². The molecule has 0 spiro atoms. The molecule has 0 atom stereocenters. The van der Waals surface area contributed by atoms with Gasteiger partial charge in [0.1, 0.15) is 16.5 Å². The summed E-state index contributed by atoms with van der Waals surface area (Å²) in [6, 6.07) is 13.3. The normalized spacial score (nSPS) is 15.7. The SMILES string of the molecule is COc1ccccc1S(=O)(=O)NCCN1CCN(c2ccccc2F)CC1. The number of nitrogens with one attached hydrogen (secondary N) is 1. The molecule has 2 aromatic rings. The number of halogens is 1. The fourth-order valence-corrected chi connectivity index (χ4v) is 4.37. The maximum atomic E-state index is 13.9. The molecule has 0 amide bonds. The Bertz CT molecular complexity index is 868. The lowest BCUT2D eigenvalue weighted by Crippen LogP contribution is -2.48. The monoisotopic (exact) mass is 393 g/mol. The van der Waals surface area contributed by atoms with Crippen molar-refractivity contribution >= 4 is 15.7 Å². The van der Waals surface area contributed by atoms with Crippen molar-refractivity contribution < 1.29 is 17.5 Å². The summed E-state index contributed by atoms with van der Waals surface area (Å²) in [6.45, 7) is 3.83. The second-order valence-electron chi connectivity index (χ2n) is 6.33. The van der Waals surface area contributed by atoms with Crippen LogP contribution < -0.4 is 14.4 Å². The van der Waals surface area contributed by atoms with E-state index in [1.807, 2.05) is 11.0 Å². The number of hydrogen-bond donors (Lipinski definition) is 1. The number of benzene rings is 2. The molecule has 1 N–H and O–H groups in total. The average molecular weight is 393 g/mol. The number of piperazine rings is 1. The molecule has 0 radical (unpaired) electrons. The highest BCUT2D eigenvalue weighted by atomic mass is 32.2. The van der Waals surface area contributed by atoms with Gasteiger partial charge in [-0.1, -0.05) is 24.3 Å². The predicted octanol–water partition coefficient (Wildman–Crippen LogP) is 1.93. The predicted molar refractivity (Wildman–Crippen MR) is 103 cm³/mol. The minimum absolute atomic E-state index is 0.136. The standard InChI is InChI=1S/C19H24FN3O3S/c1-26-18-8-4-5-9-19(18)27(24,25)21-10-11-22-12-14-23(15-13-22)17-7-3-2-6-16(17)20/h2-9,21H,10-15H2,1H3. The van der Waals surface area contributed by atoms with Gasteiger partial charge in [-0.25, -0.2) is 17.5 Å². The van der Waals surface area contributed by atoms with Crippen LogP contribution in [0.4, 0.5) is 10.1 Å². The van der Waals surface area contributed by atoms with Crippen LogP contribution in [-0.4, -0.2) is 59.7 Å². The summed E-state index contributed by atoms with van der Waals surface area (Å²) in [4.78, 5) is 4.32. The Morgan fingerprint density at radius 2 is 1.70 bits per heavy atom. The summed E-state index contributed by atoms with van der Waals surface area (Å²) in [5, 5.41) is 0. The molecule has 146 valence electrons. The van der Waals surface area contributed by atoms with Gasteiger partial charge in [-0.2, -0.15) is 0 Å². The van der Waals surface area contributed by atoms with Gasteiger partial charge >= 0.3 is 0 Å². The van der Waals surface area contributed by atoms with E-state index in [2.05, 4.69) is 9.62 Å². The third-order valence-corrected chi connectivity index (χ3v) is 6.14. The molecule has 1 aliphatic rings. The molecule has 0 bridgehead atoms. The zero-order valence-electron chi connectivity index (χ0n) is 15.3. The van der Waals surface area contributed by atoms with Crippen LogP contribution in [0.2, 0.25) is 0 Å². The summed E-state index contributed by atoms with van der Waals surface area (Å²) in [6.07, 6.45) is 0.